The molecule has 3 unspecified atom stereocenters. The lowest BCUT2D eigenvalue weighted by molar-refractivity contribution is -0.0894. The Labute approximate surface area is 115 Å². The Balaban J connectivity index is 2.00. The third kappa shape index (κ3) is 2.84. The molecule has 18 heavy (non-hydrogen) atoms. The van der Waals surface area contributed by atoms with Gasteiger partial charge in [-0.15, -0.1) is 0 Å². The number of likely N-dealkylation sites (N-methyl/N-ethyl adjacent to an activating group) is 1. The van der Waals surface area contributed by atoms with Gasteiger partial charge < -0.3 is 14.8 Å². The second kappa shape index (κ2) is 5.99. The van der Waals surface area contributed by atoms with Crippen LogP contribution in [-0.2, 0) is 4.74 Å². The predicted molar refractivity (Wildman–Crippen MR) is 71.4 cm³/mol. The fourth-order valence-corrected chi connectivity index (χ4v) is 2.55. The van der Waals surface area contributed by atoms with E-state index in [4.69, 9.17) is 9.47 Å². The summed E-state index contributed by atoms with van der Waals surface area (Å²) in [5.74, 6) is -0.0775. The Morgan fingerprint density at radius 1 is 1.50 bits per heavy atom. The fraction of sp³-hybridized carbons (Fsp3) is 0.538. The van der Waals surface area contributed by atoms with Gasteiger partial charge in [-0.25, -0.2) is 4.39 Å². The molecular weight excluding hydrogens is 301 g/mol. The quantitative estimate of drug-likeness (QED) is 0.905. The summed E-state index contributed by atoms with van der Waals surface area (Å²) in [6.07, 6.45) is 0.712. The van der Waals surface area contributed by atoms with Crippen molar-refractivity contribution in [2.75, 3.05) is 13.7 Å². The van der Waals surface area contributed by atoms with Gasteiger partial charge in [0.2, 0.25) is 0 Å². The third-order valence-corrected chi connectivity index (χ3v) is 3.65. The van der Waals surface area contributed by atoms with Crippen molar-refractivity contribution < 1.29 is 13.9 Å². The zero-order valence-corrected chi connectivity index (χ0v) is 12.0. The molecule has 3 nitrogen and oxygen atoms in total. The molecule has 100 valence electrons. The molecule has 0 heterocycles. The van der Waals surface area contributed by atoms with Crippen LogP contribution in [-0.4, -0.2) is 31.9 Å². The van der Waals surface area contributed by atoms with Crippen molar-refractivity contribution in [3.05, 3.63) is 28.5 Å². The summed E-state index contributed by atoms with van der Waals surface area (Å²) in [5, 5.41) is 3.32. The highest BCUT2D eigenvalue weighted by atomic mass is 79.9. The van der Waals surface area contributed by atoms with E-state index in [1.165, 1.54) is 6.07 Å². The number of rotatable bonds is 5. The molecule has 1 aliphatic carbocycles. The van der Waals surface area contributed by atoms with Gasteiger partial charge in [0.1, 0.15) is 12.2 Å². The Hall–Kier alpha value is -0.650. The monoisotopic (exact) mass is 317 g/mol. The highest BCUT2D eigenvalue weighted by Crippen LogP contribution is 2.31. The fourth-order valence-electron chi connectivity index (χ4n) is 2.21. The van der Waals surface area contributed by atoms with Gasteiger partial charge >= 0.3 is 0 Å². The van der Waals surface area contributed by atoms with Crippen LogP contribution in [0.25, 0.3) is 0 Å². The zero-order valence-electron chi connectivity index (χ0n) is 10.5. The van der Waals surface area contributed by atoms with E-state index in [1.54, 1.807) is 19.2 Å². The normalized spacial score (nSPS) is 26.8. The van der Waals surface area contributed by atoms with E-state index in [0.29, 0.717) is 6.04 Å². The molecule has 0 aromatic heterocycles. The molecule has 1 N–H and O–H groups in total. The SMILES string of the molecule is CCNC1CC(Oc2cc(Br)ccc2F)C1OC. The first-order valence-electron chi connectivity index (χ1n) is 6.03. The molecule has 1 aromatic carbocycles. The third-order valence-electron chi connectivity index (χ3n) is 3.16. The van der Waals surface area contributed by atoms with Crippen LogP contribution < -0.4 is 10.1 Å². The first kappa shape index (κ1) is 13.8. The summed E-state index contributed by atoms with van der Waals surface area (Å²) in [6.45, 7) is 2.94. The van der Waals surface area contributed by atoms with E-state index in [0.717, 1.165) is 17.4 Å². The van der Waals surface area contributed by atoms with Crippen LogP contribution in [0, 0.1) is 5.82 Å². The van der Waals surface area contributed by atoms with Crippen LogP contribution in [0.1, 0.15) is 13.3 Å². The second-order valence-electron chi connectivity index (χ2n) is 4.33. The van der Waals surface area contributed by atoms with Crippen LogP contribution in [0.15, 0.2) is 22.7 Å². The number of benzene rings is 1. The van der Waals surface area contributed by atoms with Crippen LogP contribution in [0.5, 0.6) is 5.75 Å². The summed E-state index contributed by atoms with van der Waals surface area (Å²) in [4.78, 5) is 0. The van der Waals surface area contributed by atoms with E-state index >= 15 is 0 Å². The first-order chi connectivity index (χ1) is 8.65. The molecule has 1 saturated carbocycles. The number of ether oxygens (including phenoxy) is 2. The maximum absolute atomic E-state index is 13.6. The summed E-state index contributed by atoms with van der Waals surface area (Å²) in [5.41, 5.74) is 0. The molecule has 0 bridgehead atoms. The number of nitrogens with one attached hydrogen (secondary N) is 1. The maximum atomic E-state index is 13.6. The van der Waals surface area contributed by atoms with Gasteiger partial charge in [0, 0.05) is 24.0 Å². The Morgan fingerprint density at radius 2 is 2.28 bits per heavy atom. The molecule has 1 aliphatic rings. The highest BCUT2D eigenvalue weighted by Gasteiger charge is 2.43. The first-order valence-corrected chi connectivity index (χ1v) is 6.83. The van der Waals surface area contributed by atoms with Crippen molar-refractivity contribution in [3.63, 3.8) is 0 Å². The lowest BCUT2D eigenvalue weighted by Gasteiger charge is -2.43. The topological polar surface area (TPSA) is 30.5 Å². The lowest BCUT2D eigenvalue weighted by atomic mass is 9.85. The summed E-state index contributed by atoms with van der Waals surface area (Å²) in [7, 11) is 1.65. The van der Waals surface area contributed by atoms with Gasteiger partial charge in [-0.1, -0.05) is 22.9 Å². The van der Waals surface area contributed by atoms with Crippen molar-refractivity contribution in [2.24, 2.45) is 0 Å². The number of hydrogen-bond acceptors (Lipinski definition) is 3. The van der Waals surface area contributed by atoms with Crippen molar-refractivity contribution in [1.82, 2.24) is 5.32 Å². The minimum atomic E-state index is -0.347. The largest absolute Gasteiger partial charge is 0.484 e. The van der Waals surface area contributed by atoms with Gasteiger partial charge in [-0.05, 0) is 24.7 Å². The molecule has 1 aromatic rings. The van der Waals surface area contributed by atoms with Gasteiger partial charge in [0.05, 0.1) is 0 Å². The van der Waals surface area contributed by atoms with Gasteiger partial charge in [0.15, 0.2) is 11.6 Å². The van der Waals surface area contributed by atoms with Crippen LogP contribution in [0.4, 0.5) is 4.39 Å². The van der Waals surface area contributed by atoms with E-state index in [9.17, 15) is 4.39 Å². The Kier molecular flexibility index (Phi) is 4.59. The van der Waals surface area contributed by atoms with E-state index < -0.39 is 0 Å². The Bertz CT molecular complexity index is 416. The Morgan fingerprint density at radius 3 is 2.94 bits per heavy atom. The van der Waals surface area contributed by atoms with Crippen LogP contribution in [0.2, 0.25) is 0 Å². The molecule has 0 radical (unpaired) electrons. The molecule has 0 saturated heterocycles. The molecule has 0 aliphatic heterocycles. The number of methoxy groups -OCH3 is 1. The summed E-state index contributed by atoms with van der Waals surface area (Å²) >= 11 is 3.30. The van der Waals surface area contributed by atoms with E-state index in [-0.39, 0.29) is 23.8 Å². The zero-order chi connectivity index (χ0) is 13.1. The standard InChI is InChI=1S/C13H17BrFNO2/c1-3-16-10-7-12(13(10)17-2)18-11-6-8(14)4-5-9(11)15/h4-6,10,12-13,16H,3,7H2,1-2H3. The lowest BCUT2D eigenvalue weighted by Crippen LogP contribution is -2.60. The average Bonchev–Trinajstić information content (AvgIpc) is 2.32. The molecule has 2 rings (SSSR count). The van der Waals surface area contributed by atoms with Gasteiger partial charge in [0.25, 0.3) is 0 Å². The number of halogens is 2. The smallest absolute Gasteiger partial charge is 0.165 e. The summed E-state index contributed by atoms with van der Waals surface area (Å²) < 4.78 is 25.4. The van der Waals surface area contributed by atoms with Crippen LogP contribution >= 0.6 is 15.9 Å². The molecule has 3 atom stereocenters. The van der Waals surface area contributed by atoms with Gasteiger partial charge in [-0.3, -0.25) is 0 Å². The van der Waals surface area contributed by atoms with Crippen molar-refractivity contribution in [2.45, 2.75) is 31.6 Å². The number of hydrogen-bond donors (Lipinski definition) is 1. The predicted octanol–water partition coefficient (Wildman–Crippen LogP) is 2.73. The molecule has 0 spiro atoms. The molecule has 5 heteroatoms. The molecule has 1 fully saturated rings. The summed E-state index contributed by atoms with van der Waals surface area (Å²) in [6, 6.07) is 4.97. The molecular formula is C13H17BrFNO2. The second-order valence-corrected chi connectivity index (χ2v) is 5.25. The highest BCUT2D eigenvalue weighted by molar-refractivity contribution is 9.10. The van der Waals surface area contributed by atoms with Crippen molar-refractivity contribution >= 4 is 15.9 Å². The minimum Gasteiger partial charge on any atom is -0.484 e. The van der Waals surface area contributed by atoms with E-state index in [2.05, 4.69) is 28.2 Å². The van der Waals surface area contributed by atoms with E-state index in [1.807, 2.05) is 0 Å². The minimum absolute atomic E-state index is 0.0247. The van der Waals surface area contributed by atoms with Crippen molar-refractivity contribution in [3.8, 4) is 5.75 Å². The van der Waals surface area contributed by atoms with Crippen LogP contribution in [0.3, 0.4) is 0 Å². The molecule has 0 amide bonds. The van der Waals surface area contributed by atoms with Crippen molar-refractivity contribution in [1.29, 1.82) is 0 Å². The maximum Gasteiger partial charge on any atom is 0.165 e. The average molecular weight is 318 g/mol. The van der Waals surface area contributed by atoms with Gasteiger partial charge in [-0.2, -0.15) is 0 Å².